The van der Waals surface area contributed by atoms with Crippen molar-refractivity contribution < 1.29 is 4.74 Å². The van der Waals surface area contributed by atoms with Gasteiger partial charge in [0.2, 0.25) is 0 Å². The zero-order valence-electron chi connectivity index (χ0n) is 15.2. The van der Waals surface area contributed by atoms with Crippen molar-refractivity contribution >= 4 is 29.4 Å². The lowest BCUT2D eigenvalue weighted by Gasteiger charge is -2.25. The van der Waals surface area contributed by atoms with Crippen LogP contribution < -0.4 is 15.8 Å². The summed E-state index contributed by atoms with van der Waals surface area (Å²) in [6, 6.07) is 20.1. The highest BCUT2D eigenvalue weighted by Gasteiger charge is 2.32. The summed E-state index contributed by atoms with van der Waals surface area (Å²) in [5.74, 6) is 1.74. The molecule has 5 nitrogen and oxygen atoms in total. The molecule has 0 radical (unpaired) electrons. The minimum Gasteiger partial charge on any atom is -0.497 e. The molecule has 140 valence electrons. The molecule has 1 aromatic heterocycles. The Balaban J connectivity index is 1.83. The van der Waals surface area contributed by atoms with Crippen LogP contribution in [0, 0.1) is 15.3 Å². The first-order valence-electron chi connectivity index (χ1n) is 8.70. The second-order valence-corrected chi connectivity index (χ2v) is 8.10. The minimum atomic E-state index is -0.254. The Morgan fingerprint density at radius 1 is 1.21 bits per heavy atom. The van der Waals surface area contributed by atoms with Gasteiger partial charge in [-0.25, -0.2) is 0 Å². The summed E-state index contributed by atoms with van der Waals surface area (Å²) >= 11 is 7.17. The smallest absolute Gasteiger partial charge is 0.163 e. The third-order valence-electron chi connectivity index (χ3n) is 4.77. The molecule has 0 bridgehead atoms. The normalized spacial score (nSPS) is 15.5. The lowest BCUT2D eigenvalue weighted by Crippen LogP contribution is -2.24. The van der Waals surface area contributed by atoms with Gasteiger partial charge in [-0.2, -0.15) is 5.26 Å². The van der Waals surface area contributed by atoms with E-state index >= 15 is 0 Å². The molecule has 0 saturated carbocycles. The standard InChI is InChI=1S/C21H18N4OS2/c1-26-15-9-7-14(8-10-15)17-16(11-22)19(23)24-20-18(17)28-21(27)25(20)12-13-5-3-2-4-6-13/h2-10,17,24H,12,23H2,1H3. The van der Waals surface area contributed by atoms with Gasteiger partial charge in [0.15, 0.2) is 3.95 Å². The molecule has 0 amide bonds. The molecule has 1 aliphatic heterocycles. The van der Waals surface area contributed by atoms with E-state index in [4.69, 9.17) is 22.7 Å². The van der Waals surface area contributed by atoms with Crippen LogP contribution in [-0.4, -0.2) is 11.7 Å². The average molecular weight is 407 g/mol. The lowest BCUT2D eigenvalue weighted by molar-refractivity contribution is 0.414. The predicted molar refractivity (Wildman–Crippen MR) is 114 cm³/mol. The highest BCUT2D eigenvalue weighted by molar-refractivity contribution is 7.73. The molecule has 1 aliphatic rings. The van der Waals surface area contributed by atoms with Crippen molar-refractivity contribution in [2.75, 3.05) is 12.4 Å². The lowest BCUT2D eigenvalue weighted by atomic mass is 9.88. The Bertz CT molecular complexity index is 1140. The van der Waals surface area contributed by atoms with Gasteiger partial charge >= 0.3 is 0 Å². The molecule has 0 aliphatic carbocycles. The van der Waals surface area contributed by atoms with Crippen LogP contribution in [0.1, 0.15) is 21.9 Å². The number of rotatable bonds is 4. The number of anilines is 1. The molecular formula is C21H18N4OS2. The van der Waals surface area contributed by atoms with Crippen LogP contribution in [-0.2, 0) is 6.54 Å². The summed E-state index contributed by atoms with van der Waals surface area (Å²) in [5, 5.41) is 13.0. The molecule has 4 rings (SSSR count). The number of methoxy groups -OCH3 is 1. The van der Waals surface area contributed by atoms with E-state index in [-0.39, 0.29) is 5.92 Å². The van der Waals surface area contributed by atoms with Gasteiger partial charge in [-0.1, -0.05) is 42.5 Å². The first kappa shape index (κ1) is 18.3. The first-order valence-corrected chi connectivity index (χ1v) is 9.93. The number of fused-ring (bicyclic) bond motifs is 1. The van der Waals surface area contributed by atoms with Crippen LogP contribution in [0.3, 0.4) is 0 Å². The summed E-state index contributed by atoms with van der Waals surface area (Å²) < 4.78 is 8.04. The number of nitrogens with zero attached hydrogens (tertiary/aromatic N) is 2. The molecule has 1 atom stereocenters. The monoisotopic (exact) mass is 406 g/mol. The van der Waals surface area contributed by atoms with E-state index in [1.54, 1.807) is 7.11 Å². The highest BCUT2D eigenvalue weighted by Crippen LogP contribution is 2.44. The van der Waals surface area contributed by atoms with Crippen molar-refractivity contribution in [2.45, 2.75) is 12.5 Å². The molecule has 28 heavy (non-hydrogen) atoms. The Morgan fingerprint density at radius 3 is 2.57 bits per heavy atom. The molecule has 0 fully saturated rings. The third-order valence-corrected chi connectivity index (χ3v) is 6.28. The fourth-order valence-electron chi connectivity index (χ4n) is 3.38. The summed E-state index contributed by atoms with van der Waals surface area (Å²) in [5.41, 5.74) is 8.87. The van der Waals surface area contributed by atoms with Crippen LogP contribution in [0.5, 0.6) is 5.75 Å². The molecular weight excluding hydrogens is 388 g/mol. The summed E-state index contributed by atoms with van der Waals surface area (Å²) in [6.45, 7) is 0.642. The van der Waals surface area contributed by atoms with E-state index in [1.165, 1.54) is 11.3 Å². The molecule has 7 heteroatoms. The van der Waals surface area contributed by atoms with Gasteiger partial charge in [-0.05, 0) is 35.5 Å². The average Bonchev–Trinajstić information content (AvgIpc) is 3.03. The largest absolute Gasteiger partial charge is 0.497 e. The highest BCUT2D eigenvalue weighted by atomic mass is 32.1. The van der Waals surface area contributed by atoms with Crippen molar-refractivity contribution in [2.24, 2.45) is 5.73 Å². The van der Waals surface area contributed by atoms with E-state index in [9.17, 15) is 5.26 Å². The van der Waals surface area contributed by atoms with Gasteiger partial charge in [0.25, 0.3) is 0 Å². The van der Waals surface area contributed by atoms with Gasteiger partial charge < -0.3 is 20.4 Å². The van der Waals surface area contributed by atoms with E-state index in [0.717, 1.165) is 31.5 Å². The zero-order chi connectivity index (χ0) is 19.7. The van der Waals surface area contributed by atoms with Crippen molar-refractivity contribution in [1.29, 1.82) is 5.26 Å². The van der Waals surface area contributed by atoms with E-state index < -0.39 is 0 Å². The number of allylic oxidation sites excluding steroid dienone is 1. The Hall–Kier alpha value is -3.08. The van der Waals surface area contributed by atoms with E-state index in [0.29, 0.717) is 17.9 Å². The van der Waals surface area contributed by atoms with Crippen LogP contribution in [0.15, 0.2) is 66.0 Å². The van der Waals surface area contributed by atoms with Gasteiger partial charge in [0, 0.05) is 0 Å². The maximum Gasteiger partial charge on any atom is 0.163 e. The van der Waals surface area contributed by atoms with Crippen molar-refractivity contribution in [3.8, 4) is 11.8 Å². The number of benzene rings is 2. The van der Waals surface area contributed by atoms with Gasteiger partial charge in [0.1, 0.15) is 17.4 Å². The van der Waals surface area contributed by atoms with Crippen LogP contribution in [0.2, 0.25) is 0 Å². The zero-order valence-corrected chi connectivity index (χ0v) is 16.8. The number of nitrogens with one attached hydrogen (secondary N) is 1. The Labute approximate surface area is 172 Å². The number of ether oxygens (including phenoxy) is 1. The fourth-order valence-corrected chi connectivity index (χ4v) is 4.89. The third kappa shape index (κ3) is 3.17. The van der Waals surface area contributed by atoms with Gasteiger partial charge in [0.05, 0.1) is 36.1 Å². The van der Waals surface area contributed by atoms with Gasteiger partial charge in [-0.3, -0.25) is 0 Å². The van der Waals surface area contributed by atoms with Crippen molar-refractivity contribution in [3.63, 3.8) is 0 Å². The molecule has 1 unspecified atom stereocenters. The predicted octanol–water partition coefficient (Wildman–Crippen LogP) is 4.59. The topological polar surface area (TPSA) is 76.0 Å². The van der Waals surface area contributed by atoms with Crippen molar-refractivity contribution in [3.05, 3.63) is 85.9 Å². The first-order chi connectivity index (χ1) is 13.6. The summed E-state index contributed by atoms with van der Waals surface area (Å²) in [6.07, 6.45) is 0. The number of nitriles is 1. The quantitative estimate of drug-likeness (QED) is 0.620. The molecule has 2 aromatic carbocycles. The molecule has 3 aromatic rings. The molecule has 3 N–H and O–H groups in total. The SMILES string of the molecule is COc1ccc(C2C(C#N)=C(N)Nc3c2sc(=S)n3Cc2ccccc2)cc1. The molecule has 0 saturated heterocycles. The minimum absolute atomic E-state index is 0.254. The van der Waals surface area contributed by atoms with E-state index in [2.05, 4.69) is 23.5 Å². The van der Waals surface area contributed by atoms with E-state index in [1.807, 2.05) is 47.0 Å². The number of hydrogen-bond donors (Lipinski definition) is 2. The number of aromatic nitrogens is 1. The summed E-state index contributed by atoms with van der Waals surface area (Å²) in [4.78, 5) is 0.997. The van der Waals surface area contributed by atoms with Crippen LogP contribution >= 0.6 is 23.6 Å². The molecule has 0 spiro atoms. The van der Waals surface area contributed by atoms with Crippen molar-refractivity contribution in [1.82, 2.24) is 4.57 Å². The second-order valence-electron chi connectivity index (χ2n) is 6.42. The van der Waals surface area contributed by atoms with Crippen LogP contribution in [0.25, 0.3) is 0 Å². The summed E-state index contributed by atoms with van der Waals surface area (Å²) in [7, 11) is 1.63. The molecule has 2 heterocycles. The number of nitrogens with two attached hydrogens (primary N) is 1. The number of hydrogen-bond acceptors (Lipinski definition) is 6. The van der Waals surface area contributed by atoms with Crippen LogP contribution in [0.4, 0.5) is 5.82 Å². The van der Waals surface area contributed by atoms with Gasteiger partial charge in [-0.15, -0.1) is 11.3 Å². The fraction of sp³-hybridized carbons (Fsp3) is 0.143. The maximum absolute atomic E-state index is 9.75. The maximum atomic E-state index is 9.75. The second kappa shape index (κ2) is 7.50. The number of thiazole rings is 1. The Morgan fingerprint density at radius 2 is 1.93 bits per heavy atom. The Kier molecular flexibility index (Phi) is 4.90.